The molecule has 1 N–H and O–H groups in total. The molecule has 234 valence electrons. The zero-order valence-electron chi connectivity index (χ0n) is 23.5. The Labute approximate surface area is 251 Å². The largest absolute Gasteiger partial charge is 0.508 e. The Morgan fingerprint density at radius 1 is 0.889 bits per heavy atom. The Morgan fingerprint density at radius 3 is 2.13 bits per heavy atom. The predicted octanol–water partition coefficient (Wildman–Crippen LogP) is 6.07. The van der Waals surface area contributed by atoms with Gasteiger partial charge in [0.25, 0.3) is 0 Å². The number of carbonyl (C=O) groups excluding carboxylic acids is 4. The van der Waals surface area contributed by atoms with E-state index in [2.05, 4.69) is 0 Å². The van der Waals surface area contributed by atoms with Crippen LogP contribution >= 0.6 is 0 Å². The smallest absolute Gasteiger partial charge is 0.416 e. The number of fused-ring (bicyclic) bond motifs is 3. The minimum absolute atomic E-state index is 0.0897. The number of allylic oxidation sites excluding steroid dienone is 6. The van der Waals surface area contributed by atoms with Crippen molar-refractivity contribution >= 4 is 29.1 Å². The molecule has 2 aromatic rings. The number of amides is 2. The fraction of sp³-hybridized carbons (Fsp3) is 0.312. The van der Waals surface area contributed by atoms with Gasteiger partial charge in [0.15, 0.2) is 11.6 Å². The van der Waals surface area contributed by atoms with Gasteiger partial charge >= 0.3 is 12.4 Å². The number of carbonyl (C=O) groups is 4. The summed E-state index contributed by atoms with van der Waals surface area (Å²) in [7, 11) is 1.33. The molecule has 1 saturated heterocycles. The van der Waals surface area contributed by atoms with Gasteiger partial charge in [-0.05, 0) is 56.0 Å². The molecule has 6 rings (SSSR count). The minimum Gasteiger partial charge on any atom is -0.508 e. The third kappa shape index (κ3) is 4.75. The van der Waals surface area contributed by atoms with Crippen molar-refractivity contribution in [3.63, 3.8) is 0 Å². The van der Waals surface area contributed by atoms with E-state index in [0.29, 0.717) is 28.2 Å². The van der Waals surface area contributed by atoms with E-state index < -0.39 is 76.2 Å². The van der Waals surface area contributed by atoms with Gasteiger partial charge in [0.2, 0.25) is 11.8 Å². The first-order valence-electron chi connectivity index (χ1n) is 13.8. The summed E-state index contributed by atoms with van der Waals surface area (Å²) in [4.78, 5) is 54.8. The SMILES string of the molecule is COc1cc(O)ccc1[C@H]1C2=CC[C@@H]3C(=O)N(c4cc(C(F)(F)F)cc(C(F)(F)F)c4)C(=O)[C@@H]3[C@@H]2CC2=C1C(=O)C=C(C)C2=O. The molecule has 0 bridgehead atoms. The fourth-order valence-corrected chi connectivity index (χ4v) is 7.00. The molecule has 7 nitrogen and oxygen atoms in total. The molecule has 3 aliphatic carbocycles. The number of phenolic OH excluding ortho intramolecular Hbond substituents is 1. The lowest BCUT2D eigenvalue weighted by atomic mass is 9.59. The average Bonchev–Trinajstić information content (AvgIpc) is 3.23. The standard InChI is InChI=1S/C32H23F6NO6/c1-13-7-23(41)27-22(28(13)42)12-21-18(25(27)19-4-3-17(40)11-24(19)45-2)5-6-20-26(21)30(44)39(29(20)43)16-9-14(31(33,34)35)8-15(10-16)32(36,37)38/h3-5,7-11,20-21,25-26,40H,6,12H2,1-2H3/t20-,21+,25+,26-/m0/s1. The van der Waals surface area contributed by atoms with Gasteiger partial charge in [-0.3, -0.25) is 19.2 Å². The van der Waals surface area contributed by atoms with E-state index in [0.717, 1.165) is 0 Å². The van der Waals surface area contributed by atoms with Gasteiger partial charge in [0.1, 0.15) is 11.5 Å². The average molecular weight is 632 g/mol. The van der Waals surface area contributed by atoms with Crippen LogP contribution in [0.3, 0.4) is 0 Å². The fourth-order valence-electron chi connectivity index (χ4n) is 7.00. The summed E-state index contributed by atoms with van der Waals surface area (Å²) in [5, 5.41) is 10.1. The number of ketones is 2. The summed E-state index contributed by atoms with van der Waals surface area (Å²) in [5.74, 6) is -7.09. The van der Waals surface area contributed by atoms with Crippen molar-refractivity contribution in [3.05, 3.63) is 87.5 Å². The second-order valence-corrected chi connectivity index (χ2v) is 11.4. The van der Waals surface area contributed by atoms with E-state index in [1.54, 1.807) is 6.08 Å². The third-order valence-corrected chi connectivity index (χ3v) is 8.92. The summed E-state index contributed by atoms with van der Waals surface area (Å²) >= 11 is 0. The molecular weight excluding hydrogens is 608 g/mol. The molecule has 1 aliphatic heterocycles. The first-order chi connectivity index (χ1) is 21.0. The van der Waals surface area contributed by atoms with Crippen LogP contribution in [0.15, 0.2) is 70.8 Å². The van der Waals surface area contributed by atoms with Crippen molar-refractivity contribution in [1.82, 2.24) is 0 Å². The predicted molar refractivity (Wildman–Crippen MR) is 145 cm³/mol. The molecule has 2 aromatic carbocycles. The summed E-state index contributed by atoms with van der Waals surface area (Å²) in [6.07, 6.45) is -7.82. The second-order valence-electron chi connectivity index (χ2n) is 11.4. The highest BCUT2D eigenvalue weighted by atomic mass is 19.4. The maximum absolute atomic E-state index is 14.0. The molecule has 4 aliphatic rings. The Balaban J connectivity index is 1.49. The normalized spacial score (nSPS) is 25.1. The quantitative estimate of drug-likeness (QED) is 0.191. The molecule has 2 amide bonds. The van der Waals surface area contributed by atoms with E-state index in [1.165, 1.54) is 38.3 Å². The van der Waals surface area contributed by atoms with Crippen molar-refractivity contribution in [1.29, 1.82) is 0 Å². The third-order valence-electron chi connectivity index (χ3n) is 8.92. The van der Waals surface area contributed by atoms with E-state index in [-0.39, 0.29) is 47.1 Å². The van der Waals surface area contributed by atoms with Crippen LogP contribution in [0.5, 0.6) is 11.5 Å². The van der Waals surface area contributed by atoms with Crippen molar-refractivity contribution < 1.29 is 55.4 Å². The maximum atomic E-state index is 14.0. The summed E-state index contributed by atoms with van der Waals surface area (Å²) in [5.41, 5.74) is -2.97. The number of halogens is 6. The summed E-state index contributed by atoms with van der Waals surface area (Å²) in [6, 6.07) is 4.73. The Morgan fingerprint density at radius 2 is 1.53 bits per heavy atom. The zero-order valence-corrected chi connectivity index (χ0v) is 23.5. The van der Waals surface area contributed by atoms with E-state index in [4.69, 9.17) is 4.74 Å². The van der Waals surface area contributed by atoms with Crippen molar-refractivity contribution in [2.75, 3.05) is 12.0 Å². The highest BCUT2D eigenvalue weighted by molar-refractivity contribution is 6.25. The topological polar surface area (TPSA) is 101 Å². The number of benzene rings is 2. The van der Waals surface area contributed by atoms with Gasteiger partial charge in [0, 0.05) is 34.3 Å². The lowest BCUT2D eigenvalue weighted by Gasteiger charge is -2.42. The number of ether oxygens (including phenoxy) is 1. The maximum Gasteiger partial charge on any atom is 0.416 e. The van der Waals surface area contributed by atoms with Crippen molar-refractivity contribution in [2.24, 2.45) is 17.8 Å². The number of rotatable bonds is 3. The van der Waals surface area contributed by atoms with Gasteiger partial charge in [-0.25, -0.2) is 4.90 Å². The van der Waals surface area contributed by atoms with Gasteiger partial charge in [-0.1, -0.05) is 17.7 Å². The van der Waals surface area contributed by atoms with Gasteiger partial charge in [0.05, 0.1) is 35.8 Å². The first kappa shape index (κ1) is 30.4. The molecule has 0 unspecified atom stereocenters. The lowest BCUT2D eigenvalue weighted by Crippen LogP contribution is -2.40. The number of aromatic hydroxyl groups is 1. The second kappa shape index (κ2) is 10.2. The highest BCUT2D eigenvalue weighted by Gasteiger charge is 2.57. The number of alkyl halides is 6. The van der Waals surface area contributed by atoms with Crippen LogP contribution in [0, 0.1) is 17.8 Å². The van der Waals surface area contributed by atoms with Crippen LogP contribution in [-0.4, -0.2) is 35.6 Å². The van der Waals surface area contributed by atoms with Crippen molar-refractivity contribution in [2.45, 2.75) is 38.0 Å². The first-order valence-corrected chi connectivity index (χ1v) is 13.8. The van der Waals surface area contributed by atoms with Crippen LogP contribution in [0.2, 0.25) is 0 Å². The molecular formula is C32H23F6NO6. The van der Waals surface area contributed by atoms with Crippen LogP contribution < -0.4 is 9.64 Å². The summed E-state index contributed by atoms with van der Waals surface area (Å²) in [6.45, 7) is 1.45. The molecule has 0 aromatic heterocycles. The van der Waals surface area contributed by atoms with E-state index >= 15 is 0 Å². The minimum atomic E-state index is -5.20. The van der Waals surface area contributed by atoms with Crippen LogP contribution in [0.25, 0.3) is 0 Å². The number of methoxy groups -OCH3 is 1. The molecule has 0 radical (unpaired) electrons. The number of hydrogen-bond donors (Lipinski definition) is 1. The van der Waals surface area contributed by atoms with Gasteiger partial charge in [-0.15, -0.1) is 0 Å². The zero-order chi connectivity index (χ0) is 32.7. The number of Topliss-reactive ketones (excluding diaryl/α,β-unsaturated/α-hetero) is 1. The molecule has 0 spiro atoms. The lowest BCUT2D eigenvalue weighted by molar-refractivity contribution is -0.143. The number of anilines is 1. The number of nitrogens with zero attached hydrogens (tertiary/aromatic N) is 1. The van der Waals surface area contributed by atoms with Gasteiger partial charge in [-0.2, -0.15) is 26.3 Å². The van der Waals surface area contributed by atoms with Crippen LogP contribution in [0.1, 0.15) is 42.4 Å². The number of hydrogen-bond acceptors (Lipinski definition) is 6. The molecule has 0 saturated carbocycles. The number of phenols is 1. The molecule has 1 heterocycles. The van der Waals surface area contributed by atoms with E-state index in [1.807, 2.05) is 0 Å². The highest BCUT2D eigenvalue weighted by Crippen LogP contribution is 2.57. The van der Waals surface area contributed by atoms with Crippen LogP contribution in [0.4, 0.5) is 32.0 Å². The Hall–Kier alpha value is -4.68. The molecule has 1 fully saturated rings. The molecule has 13 heteroatoms. The van der Waals surface area contributed by atoms with Crippen LogP contribution in [-0.2, 0) is 31.5 Å². The summed E-state index contributed by atoms with van der Waals surface area (Å²) < 4.78 is 87.2. The van der Waals surface area contributed by atoms with E-state index in [9.17, 15) is 50.6 Å². The number of imide groups is 1. The van der Waals surface area contributed by atoms with Crippen molar-refractivity contribution in [3.8, 4) is 11.5 Å². The van der Waals surface area contributed by atoms with Gasteiger partial charge < -0.3 is 9.84 Å². The molecule has 45 heavy (non-hydrogen) atoms. The Kier molecular flexibility index (Phi) is 6.86. The molecule has 4 atom stereocenters. The Bertz CT molecular complexity index is 1770. The monoisotopic (exact) mass is 631 g/mol.